The number of nitrogens with one attached hydrogen (secondary N) is 1. The van der Waals surface area contributed by atoms with Crippen LogP contribution in [0.4, 0.5) is 5.69 Å². The maximum Gasteiger partial charge on any atom is 0.159 e. The Morgan fingerprint density at radius 1 is 1.40 bits per heavy atom. The Kier molecular flexibility index (Phi) is 5.02. The molecule has 4 N–H and O–H groups in total. The highest BCUT2D eigenvalue weighted by Crippen LogP contribution is 2.26. The van der Waals surface area contributed by atoms with Crippen molar-refractivity contribution in [3.05, 3.63) is 28.3 Å². The zero-order valence-electron chi connectivity index (χ0n) is 11.7. The second-order valence-corrected chi connectivity index (χ2v) is 5.88. The van der Waals surface area contributed by atoms with Crippen molar-refractivity contribution in [2.75, 3.05) is 5.73 Å². The largest absolute Gasteiger partial charge is 0.397 e. The van der Waals surface area contributed by atoms with Gasteiger partial charge in [0.1, 0.15) is 0 Å². The zero-order chi connectivity index (χ0) is 14.7. The number of hydrogen-bond acceptors (Lipinski definition) is 4. The van der Waals surface area contributed by atoms with Crippen LogP contribution in [0.15, 0.2) is 12.1 Å². The lowest BCUT2D eigenvalue weighted by Gasteiger charge is -2.26. The first-order valence-corrected chi connectivity index (χ1v) is 7.35. The van der Waals surface area contributed by atoms with Gasteiger partial charge in [0, 0.05) is 18.2 Å². The smallest absolute Gasteiger partial charge is 0.159 e. The second-order valence-electron chi connectivity index (χ2n) is 5.47. The second kappa shape index (κ2) is 6.57. The van der Waals surface area contributed by atoms with Gasteiger partial charge in [-0.05, 0) is 50.3 Å². The summed E-state index contributed by atoms with van der Waals surface area (Å²) >= 11 is 6.07. The fourth-order valence-corrected chi connectivity index (χ4v) is 2.80. The van der Waals surface area contributed by atoms with Gasteiger partial charge in [0.15, 0.2) is 5.78 Å². The van der Waals surface area contributed by atoms with E-state index in [4.69, 9.17) is 17.3 Å². The average molecular weight is 297 g/mol. The number of nitrogens with two attached hydrogens (primary N) is 1. The normalized spacial score (nSPS) is 22.8. The van der Waals surface area contributed by atoms with Crippen molar-refractivity contribution >= 4 is 23.1 Å². The summed E-state index contributed by atoms with van der Waals surface area (Å²) in [5, 5.41) is 13.3. The van der Waals surface area contributed by atoms with E-state index >= 15 is 0 Å². The lowest BCUT2D eigenvalue weighted by Crippen LogP contribution is -2.34. The van der Waals surface area contributed by atoms with Crippen LogP contribution >= 0.6 is 11.6 Å². The van der Waals surface area contributed by atoms with Gasteiger partial charge in [0.2, 0.25) is 0 Å². The predicted octanol–water partition coefficient (Wildman–Crippen LogP) is 2.52. The molecule has 1 aromatic rings. The number of halogens is 1. The molecule has 0 radical (unpaired) electrons. The van der Waals surface area contributed by atoms with Crippen LogP contribution in [0.5, 0.6) is 0 Å². The first-order chi connectivity index (χ1) is 9.47. The molecule has 4 nitrogen and oxygen atoms in total. The highest BCUT2D eigenvalue weighted by Gasteiger charge is 2.19. The summed E-state index contributed by atoms with van der Waals surface area (Å²) in [6.45, 7) is 2.11. The van der Waals surface area contributed by atoms with Crippen LogP contribution in [0, 0.1) is 0 Å². The predicted molar refractivity (Wildman–Crippen MR) is 81.0 cm³/mol. The minimum Gasteiger partial charge on any atom is -0.397 e. The van der Waals surface area contributed by atoms with Crippen molar-refractivity contribution < 1.29 is 9.90 Å². The van der Waals surface area contributed by atoms with Gasteiger partial charge < -0.3 is 16.2 Å². The van der Waals surface area contributed by atoms with Crippen LogP contribution in [0.25, 0.3) is 0 Å². The summed E-state index contributed by atoms with van der Waals surface area (Å²) in [5.74, 6) is -0.0195. The number of nitrogen functional groups attached to an aromatic ring is 1. The Morgan fingerprint density at radius 2 is 2.05 bits per heavy atom. The van der Waals surface area contributed by atoms with Crippen LogP contribution in [-0.4, -0.2) is 23.0 Å². The van der Waals surface area contributed by atoms with Gasteiger partial charge in [-0.15, -0.1) is 0 Å². The molecule has 5 heteroatoms. The van der Waals surface area contributed by atoms with E-state index in [1.54, 1.807) is 12.1 Å². The fourth-order valence-electron chi connectivity index (χ4n) is 2.56. The fraction of sp³-hybridized carbons (Fsp3) is 0.533. The van der Waals surface area contributed by atoms with Crippen LogP contribution in [0.1, 0.15) is 48.5 Å². The van der Waals surface area contributed by atoms with E-state index in [0.29, 0.717) is 28.9 Å². The molecule has 1 fully saturated rings. The lowest BCUT2D eigenvalue weighted by molar-refractivity contribution is 0.101. The summed E-state index contributed by atoms with van der Waals surface area (Å²) in [4.78, 5) is 11.5. The lowest BCUT2D eigenvalue weighted by atomic mass is 9.93. The van der Waals surface area contributed by atoms with E-state index in [1.807, 2.05) is 0 Å². The number of carbonyl (C=O) groups is 1. The van der Waals surface area contributed by atoms with Crippen LogP contribution < -0.4 is 11.1 Å². The molecule has 20 heavy (non-hydrogen) atoms. The number of rotatable bonds is 4. The minimum absolute atomic E-state index is 0.0195. The molecule has 0 bridgehead atoms. The molecule has 2 rings (SSSR count). The third kappa shape index (κ3) is 3.72. The van der Waals surface area contributed by atoms with Crippen molar-refractivity contribution in [1.82, 2.24) is 5.32 Å². The van der Waals surface area contributed by atoms with Gasteiger partial charge in [-0.3, -0.25) is 4.79 Å². The Balaban J connectivity index is 2.03. The Bertz CT molecular complexity index is 497. The molecule has 0 heterocycles. The summed E-state index contributed by atoms with van der Waals surface area (Å²) < 4.78 is 0. The number of aliphatic hydroxyl groups is 1. The SMILES string of the molecule is CC(=O)c1cc(Cl)c(N)c(CNC2CCC(O)CC2)c1. The summed E-state index contributed by atoms with van der Waals surface area (Å²) in [7, 11) is 0. The van der Waals surface area contributed by atoms with Gasteiger partial charge in [0.25, 0.3) is 0 Å². The van der Waals surface area contributed by atoms with E-state index in [0.717, 1.165) is 31.2 Å². The minimum atomic E-state index is -0.159. The molecule has 1 aromatic carbocycles. The Hall–Kier alpha value is -1.10. The van der Waals surface area contributed by atoms with Crippen molar-refractivity contribution in [2.45, 2.75) is 51.3 Å². The molecule has 1 saturated carbocycles. The van der Waals surface area contributed by atoms with E-state index < -0.39 is 0 Å². The maximum atomic E-state index is 11.5. The Labute approximate surface area is 124 Å². The van der Waals surface area contributed by atoms with Crippen molar-refractivity contribution in [3.63, 3.8) is 0 Å². The quantitative estimate of drug-likeness (QED) is 0.589. The maximum absolute atomic E-state index is 11.5. The number of benzene rings is 1. The summed E-state index contributed by atoms with van der Waals surface area (Å²) in [6.07, 6.45) is 3.43. The number of Topliss-reactive ketones (excluding diaryl/α,β-unsaturated/α-hetero) is 1. The Morgan fingerprint density at radius 3 is 2.65 bits per heavy atom. The molecule has 0 amide bonds. The van der Waals surface area contributed by atoms with Crippen LogP contribution in [0.2, 0.25) is 5.02 Å². The summed E-state index contributed by atoms with van der Waals surface area (Å²) in [6, 6.07) is 3.80. The number of ketones is 1. The standard InChI is InChI=1S/C15H21ClN2O2/c1-9(19)10-6-11(15(17)14(16)7-10)8-18-12-2-4-13(20)5-3-12/h6-7,12-13,18,20H,2-5,8,17H2,1H3. The van der Waals surface area contributed by atoms with Gasteiger partial charge >= 0.3 is 0 Å². The molecular formula is C15H21ClN2O2. The van der Waals surface area contributed by atoms with Gasteiger partial charge in [-0.25, -0.2) is 0 Å². The number of anilines is 1. The number of carbonyl (C=O) groups excluding carboxylic acids is 1. The molecule has 0 aliphatic heterocycles. The molecule has 0 aromatic heterocycles. The number of hydrogen-bond donors (Lipinski definition) is 3. The molecule has 0 atom stereocenters. The first kappa shape index (κ1) is 15.3. The molecule has 0 spiro atoms. The molecular weight excluding hydrogens is 276 g/mol. The molecule has 1 aliphatic carbocycles. The topological polar surface area (TPSA) is 75.4 Å². The highest BCUT2D eigenvalue weighted by atomic mass is 35.5. The molecule has 1 aliphatic rings. The van der Waals surface area contributed by atoms with E-state index in [-0.39, 0.29) is 11.9 Å². The zero-order valence-corrected chi connectivity index (χ0v) is 12.4. The average Bonchev–Trinajstić information content (AvgIpc) is 2.42. The first-order valence-electron chi connectivity index (χ1n) is 6.97. The van der Waals surface area contributed by atoms with E-state index in [1.165, 1.54) is 6.92 Å². The van der Waals surface area contributed by atoms with E-state index in [9.17, 15) is 9.90 Å². The van der Waals surface area contributed by atoms with Gasteiger partial charge in [-0.2, -0.15) is 0 Å². The van der Waals surface area contributed by atoms with Crippen molar-refractivity contribution in [1.29, 1.82) is 0 Å². The van der Waals surface area contributed by atoms with Crippen LogP contribution in [-0.2, 0) is 6.54 Å². The van der Waals surface area contributed by atoms with Crippen molar-refractivity contribution in [2.24, 2.45) is 0 Å². The third-order valence-electron chi connectivity index (χ3n) is 3.90. The number of aliphatic hydroxyl groups excluding tert-OH is 1. The van der Waals surface area contributed by atoms with Crippen molar-refractivity contribution in [3.8, 4) is 0 Å². The monoisotopic (exact) mass is 296 g/mol. The highest BCUT2D eigenvalue weighted by molar-refractivity contribution is 6.33. The molecule has 0 unspecified atom stereocenters. The molecule has 110 valence electrons. The third-order valence-corrected chi connectivity index (χ3v) is 4.21. The van der Waals surface area contributed by atoms with E-state index in [2.05, 4.69) is 5.32 Å². The molecule has 0 saturated heterocycles. The van der Waals surface area contributed by atoms with Crippen LogP contribution in [0.3, 0.4) is 0 Å². The van der Waals surface area contributed by atoms with Gasteiger partial charge in [0.05, 0.1) is 16.8 Å². The van der Waals surface area contributed by atoms with Gasteiger partial charge in [-0.1, -0.05) is 11.6 Å². The summed E-state index contributed by atoms with van der Waals surface area (Å²) in [5.41, 5.74) is 7.93.